The van der Waals surface area contributed by atoms with Gasteiger partial charge in [-0.25, -0.2) is 9.59 Å². The second-order valence-corrected chi connectivity index (χ2v) is 8.58. The Morgan fingerprint density at radius 1 is 0.714 bits per heavy atom. The topological polar surface area (TPSA) is 97.9 Å². The van der Waals surface area contributed by atoms with Crippen LogP contribution in [-0.2, 0) is 14.2 Å². The average Bonchev–Trinajstić information content (AvgIpc) is 3.27. The maximum Gasteiger partial charge on any atom is 0.407 e. The fraction of sp³-hybridized carbons (Fsp3) is 0.900. The van der Waals surface area contributed by atoms with Crippen LogP contribution in [0.2, 0.25) is 0 Å². The third kappa shape index (κ3) is 4.89. The first-order valence-corrected chi connectivity index (χ1v) is 11.0. The highest BCUT2D eigenvalue weighted by Crippen LogP contribution is 2.29. The van der Waals surface area contributed by atoms with Crippen LogP contribution in [0.15, 0.2) is 0 Å². The van der Waals surface area contributed by atoms with Crippen LogP contribution in [-0.4, -0.2) is 61.8 Å². The van der Waals surface area contributed by atoms with Gasteiger partial charge in [0.2, 0.25) is 0 Å². The zero-order valence-electron chi connectivity index (χ0n) is 16.5. The van der Waals surface area contributed by atoms with Crippen molar-refractivity contribution in [1.29, 1.82) is 0 Å². The zero-order chi connectivity index (χ0) is 19.3. The van der Waals surface area contributed by atoms with Crippen molar-refractivity contribution in [3.63, 3.8) is 0 Å². The molecule has 2 aliphatic carbocycles. The first kappa shape index (κ1) is 19.8. The minimum Gasteiger partial charge on any atom is -0.441 e. The van der Waals surface area contributed by atoms with Gasteiger partial charge in [0.15, 0.2) is 6.10 Å². The van der Waals surface area contributed by atoms with Crippen molar-refractivity contribution in [2.24, 2.45) is 0 Å². The van der Waals surface area contributed by atoms with Crippen LogP contribution in [0.25, 0.3) is 0 Å². The van der Waals surface area contributed by atoms with E-state index in [0.717, 1.165) is 38.5 Å². The summed E-state index contributed by atoms with van der Waals surface area (Å²) in [6.07, 6.45) is 9.85. The van der Waals surface area contributed by atoms with Crippen molar-refractivity contribution in [3.05, 3.63) is 0 Å². The van der Waals surface area contributed by atoms with Gasteiger partial charge < -0.3 is 30.2 Å². The number of nitrogens with one attached hydrogen (secondary N) is 3. The lowest BCUT2D eigenvalue weighted by Crippen LogP contribution is -2.51. The zero-order valence-corrected chi connectivity index (χ0v) is 16.5. The summed E-state index contributed by atoms with van der Waals surface area (Å²) in [4.78, 5) is 24.5. The summed E-state index contributed by atoms with van der Waals surface area (Å²) >= 11 is 0. The molecule has 8 nitrogen and oxygen atoms in total. The van der Waals surface area contributed by atoms with Crippen LogP contribution < -0.4 is 16.0 Å². The molecule has 0 aromatic rings. The molecule has 0 radical (unpaired) electrons. The monoisotopic (exact) mass is 395 g/mol. The molecule has 0 bridgehead atoms. The summed E-state index contributed by atoms with van der Waals surface area (Å²) in [6.45, 7) is 0.674. The number of carbonyl (C=O) groups excluding carboxylic acids is 2. The summed E-state index contributed by atoms with van der Waals surface area (Å²) in [7, 11) is 0. The van der Waals surface area contributed by atoms with Crippen LogP contribution >= 0.6 is 0 Å². The predicted octanol–water partition coefficient (Wildman–Crippen LogP) is 2.21. The van der Waals surface area contributed by atoms with E-state index in [1.165, 1.54) is 25.7 Å². The minimum absolute atomic E-state index is 0.163. The van der Waals surface area contributed by atoms with Gasteiger partial charge in [-0.15, -0.1) is 0 Å². The van der Waals surface area contributed by atoms with Crippen molar-refractivity contribution >= 4 is 12.1 Å². The van der Waals surface area contributed by atoms with E-state index < -0.39 is 12.2 Å². The van der Waals surface area contributed by atoms with Crippen molar-refractivity contribution < 1.29 is 23.8 Å². The minimum atomic E-state index is -0.429. The lowest BCUT2D eigenvalue weighted by Gasteiger charge is -2.25. The van der Waals surface area contributed by atoms with E-state index in [1.54, 1.807) is 0 Å². The SMILES string of the molecule is O=C(NC1CCCCC1)N[C@H]1CO[C@H]2[C@@H]1OC[C@H]2OC(=O)NC1CCCCC1. The van der Waals surface area contributed by atoms with E-state index in [9.17, 15) is 9.59 Å². The number of ether oxygens (including phenoxy) is 3. The molecule has 158 valence electrons. The second kappa shape index (κ2) is 9.31. The Morgan fingerprint density at radius 3 is 2.00 bits per heavy atom. The summed E-state index contributed by atoms with van der Waals surface area (Å²) in [5.74, 6) is 0. The highest BCUT2D eigenvalue weighted by Gasteiger charge is 2.50. The molecule has 0 spiro atoms. The fourth-order valence-electron chi connectivity index (χ4n) is 4.92. The summed E-state index contributed by atoms with van der Waals surface area (Å²) in [6, 6.07) is 0.0884. The lowest BCUT2D eigenvalue weighted by atomic mass is 9.96. The van der Waals surface area contributed by atoms with Gasteiger partial charge in [0.1, 0.15) is 12.2 Å². The quantitative estimate of drug-likeness (QED) is 0.678. The van der Waals surface area contributed by atoms with Gasteiger partial charge in [-0.1, -0.05) is 38.5 Å². The smallest absolute Gasteiger partial charge is 0.407 e. The molecule has 4 rings (SSSR count). The van der Waals surface area contributed by atoms with Gasteiger partial charge in [-0.3, -0.25) is 0 Å². The number of alkyl carbamates (subject to hydrolysis) is 1. The molecule has 4 fully saturated rings. The van der Waals surface area contributed by atoms with Gasteiger partial charge in [-0.05, 0) is 25.7 Å². The van der Waals surface area contributed by atoms with Crippen LogP contribution in [0.4, 0.5) is 9.59 Å². The number of rotatable bonds is 4. The molecule has 0 aromatic heterocycles. The first-order valence-electron chi connectivity index (χ1n) is 11.0. The Bertz CT molecular complexity index is 500. The third-order valence-electron chi connectivity index (χ3n) is 6.45. The maximum atomic E-state index is 12.3. The van der Waals surface area contributed by atoms with Crippen LogP contribution in [0, 0.1) is 0 Å². The van der Waals surface area contributed by atoms with Crippen molar-refractivity contribution in [3.8, 4) is 0 Å². The summed E-state index contributed by atoms with van der Waals surface area (Å²) < 4.78 is 17.2. The normalized spacial score (nSPS) is 33.9. The van der Waals surface area contributed by atoms with E-state index in [-0.39, 0.29) is 36.4 Å². The largest absolute Gasteiger partial charge is 0.441 e. The van der Waals surface area contributed by atoms with Crippen LogP contribution in [0.1, 0.15) is 64.2 Å². The molecule has 3 N–H and O–H groups in total. The molecule has 28 heavy (non-hydrogen) atoms. The van der Waals surface area contributed by atoms with Gasteiger partial charge in [0.05, 0.1) is 19.3 Å². The van der Waals surface area contributed by atoms with Gasteiger partial charge in [0.25, 0.3) is 0 Å². The Kier molecular flexibility index (Phi) is 6.57. The van der Waals surface area contributed by atoms with E-state index in [2.05, 4.69) is 16.0 Å². The van der Waals surface area contributed by atoms with Crippen molar-refractivity contribution in [2.45, 2.75) is 101 Å². The van der Waals surface area contributed by atoms with Crippen LogP contribution in [0.5, 0.6) is 0 Å². The Morgan fingerprint density at radius 2 is 1.32 bits per heavy atom. The van der Waals surface area contributed by atoms with Gasteiger partial charge in [0, 0.05) is 12.1 Å². The molecule has 2 saturated heterocycles. The number of hydrogen-bond donors (Lipinski definition) is 3. The molecular weight excluding hydrogens is 362 g/mol. The van der Waals surface area contributed by atoms with Crippen molar-refractivity contribution in [1.82, 2.24) is 16.0 Å². The second-order valence-electron chi connectivity index (χ2n) is 8.58. The molecular formula is C20H33N3O5. The molecule has 4 aliphatic rings. The van der Waals surface area contributed by atoms with E-state index in [0.29, 0.717) is 13.2 Å². The third-order valence-corrected chi connectivity index (χ3v) is 6.45. The fourth-order valence-corrected chi connectivity index (χ4v) is 4.92. The van der Waals surface area contributed by atoms with Crippen LogP contribution in [0.3, 0.4) is 0 Å². The highest BCUT2D eigenvalue weighted by atomic mass is 16.6. The number of hydrogen-bond acceptors (Lipinski definition) is 5. The molecule has 8 heteroatoms. The molecule has 0 unspecified atom stereocenters. The van der Waals surface area contributed by atoms with Crippen molar-refractivity contribution in [2.75, 3.05) is 13.2 Å². The van der Waals surface area contributed by atoms with E-state index in [4.69, 9.17) is 14.2 Å². The number of amides is 3. The molecule has 4 atom stereocenters. The molecule has 3 amide bonds. The molecule has 0 aromatic carbocycles. The first-order chi connectivity index (χ1) is 13.7. The molecule has 2 aliphatic heterocycles. The number of fused-ring (bicyclic) bond motifs is 1. The number of carbonyl (C=O) groups is 2. The number of urea groups is 1. The summed E-state index contributed by atoms with van der Waals surface area (Å²) in [5.41, 5.74) is 0. The predicted molar refractivity (Wildman–Crippen MR) is 102 cm³/mol. The Labute approximate surface area is 166 Å². The van der Waals surface area contributed by atoms with Gasteiger partial charge >= 0.3 is 12.1 Å². The lowest BCUT2D eigenvalue weighted by molar-refractivity contribution is 0.00269. The highest BCUT2D eigenvalue weighted by molar-refractivity contribution is 5.74. The summed E-state index contributed by atoms with van der Waals surface area (Å²) in [5, 5.41) is 9.00. The van der Waals surface area contributed by atoms with Gasteiger partial charge in [-0.2, -0.15) is 0 Å². The Balaban J connectivity index is 1.21. The van der Waals surface area contributed by atoms with E-state index >= 15 is 0 Å². The average molecular weight is 396 g/mol. The Hall–Kier alpha value is -1.54. The van der Waals surface area contributed by atoms with E-state index in [1.807, 2.05) is 0 Å². The molecule has 2 heterocycles. The standard InChI is InChI=1S/C20H33N3O5/c24-19(21-13-7-3-1-4-8-13)23-15-11-26-18-16(12-27-17(15)18)28-20(25)22-14-9-5-2-6-10-14/h13-18H,1-12H2,(H,22,25)(H2,21,23,24)/t15-,16+,17+,18+/m0/s1. The molecule has 2 saturated carbocycles. The maximum absolute atomic E-state index is 12.3.